The first-order valence-corrected chi connectivity index (χ1v) is 9.31. The van der Waals surface area contributed by atoms with E-state index in [0.717, 1.165) is 62.4 Å². The van der Waals surface area contributed by atoms with Crippen molar-refractivity contribution in [3.8, 4) is 10.8 Å². The van der Waals surface area contributed by atoms with E-state index >= 15 is 0 Å². The van der Waals surface area contributed by atoms with E-state index in [1.54, 1.807) is 11.3 Å². The van der Waals surface area contributed by atoms with Gasteiger partial charge >= 0.3 is 0 Å². The van der Waals surface area contributed by atoms with Crippen molar-refractivity contribution in [1.82, 2.24) is 15.2 Å². The highest BCUT2D eigenvalue weighted by Crippen LogP contribution is 2.21. The minimum absolute atomic E-state index is 0. The molecule has 3 rings (SSSR count). The highest BCUT2D eigenvalue weighted by atomic mass is 35.5. The number of halogens is 3. The standard InChI is InChI=1S/C10H17N3OS.C8H10O.3ClH/c1-9-10(15-8-12-9)14-7-6-13-4-2-11-3-5-13;1-2-9-8-6-4-3-5-7-8;;;/h8,11H,2-7H2,1H3;3-7H,2H2,1H3;3*1H. The Morgan fingerprint density at radius 3 is 2.30 bits per heavy atom. The van der Waals surface area contributed by atoms with Crippen molar-refractivity contribution in [2.24, 2.45) is 0 Å². The van der Waals surface area contributed by atoms with E-state index in [2.05, 4.69) is 15.2 Å². The minimum Gasteiger partial charge on any atom is -0.494 e. The summed E-state index contributed by atoms with van der Waals surface area (Å²) in [5.41, 5.74) is 2.83. The third kappa shape index (κ3) is 11.6. The SMILES string of the molecule is CCOc1ccccc1.Cc1ncsc1OCCN1CCNCC1.Cl.Cl.Cl. The second-order valence-electron chi connectivity index (χ2n) is 5.41. The largest absolute Gasteiger partial charge is 0.494 e. The maximum Gasteiger partial charge on any atom is 0.196 e. The molecule has 2 heterocycles. The van der Waals surface area contributed by atoms with Crippen molar-refractivity contribution in [3.63, 3.8) is 0 Å². The van der Waals surface area contributed by atoms with Gasteiger partial charge in [-0.25, -0.2) is 4.98 Å². The van der Waals surface area contributed by atoms with Gasteiger partial charge in [0.2, 0.25) is 0 Å². The zero-order valence-electron chi connectivity index (χ0n) is 15.8. The van der Waals surface area contributed by atoms with Crippen LogP contribution in [0.1, 0.15) is 12.6 Å². The molecule has 2 aromatic rings. The molecule has 1 aromatic carbocycles. The van der Waals surface area contributed by atoms with Gasteiger partial charge in [-0.1, -0.05) is 29.5 Å². The predicted molar refractivity (Wildman–Crippen MR) is 121 cm³/mol. The van der Waals surface area contributed by atoms with E-state index in [1.807, 2.05) is 49.7 Å². The summed E-state index contributed by atoms with van der Waals surface area (Å²) in [6, 6.07) is 9.80. The maximum absolute atomic E-state index is 5.67. The molecular formula is C18H30Cl3N3O2S. The van der Waals surface area contributed by atoms with Crippen LogP contribution >= 0.6 is 48.6 Å². The minimum atomic E-state index is 0. The molecule has 0 radical (unpaired) electrons. The Morgan fingerprint density at radius 2 is 1.74 bits per heavy atom. The first-order valence-electron chi connectivity index (χ1n) is 8.43. The van der Waals surface area contributed by atoms with Crippen LogP contribution in [0.25, 0.3) is 0 Å². The number of nitrogens with one attached hydrogen (secondary N) is 1. The summed E-state index contributed by atoms with van der Waals surface area (Å²) in [6.07, 6.45) is 0. The van der Waals surface area contributed by atoms with E-state index < -0.39 is 0 Å². The zero-order chi connectivity index (χ0) is 17.0. The predicted octanol–water partition coefficient (Wildman–Crippen LogP) is 4.09. The zero-order valence-corrected chi connectivity index (χ0v) is 19.0. The second-order valence-corrected chi connectivity index (χ2v) is 6.23. The smallest absolute Gasteiger partial charge is 0.196 e. The van der Waals surface area contributed by atoms with E-state index in [0.29, 0.717) is 0 Å². The van der Waals surface area contributed by atoms with Gasteiger partial charge in [-0.05, 0) is 26.0 Å². The molecule has 1 aromatic heterocycles. The number of ether oxygens (including phenoxy) is 2. The molecule has 1 saturated heterocycles. The van der Waals surface area contributed by atoms with E-state index in [-0.39, 0.29) is 37.2 Å². The van der Waals surface area contributed by atoms with Gasteiger partial charge in [0, 0.05) is 32.7 Å². The number of thiazole rings is 1. The maximum atomic E-state index is 5.67. The van der Waals surface area contributed by atoms with Crippen molar-refractivity contribution in [2.75, 3.05) is 45.9 Å². The lowest BCUT2D eigenvalue weighted by atomic mass is 10.3. The molecule has 5 nitrogen and oxygen atoms in total. The summed E-state index contributed by atoms with van der Waals surface area (Å²) >= 11 is 1.57. The third-order valence-electron chi connectivity index (χ3n) is 3.61. The van der Waals surface area contributed by atoms with Crippen molar-refractivity contribution in [3.05, 3.63) is 41.5 Å². The molecule has 0 unspecified atom stereocenters. The van der Waals surface area contributed by atoms with Gasteiger partial charge in [-0.15, -0.1) is 37.2 Å². The summed E-state index contributed by atoms with van der Waals surface area (Å²) < 4.78 is 10.9. The lowest BCUT2D eigenvalue weighted by Gasteiger charge is -2.26. The van der Waals surface area contributed by atoms with Crippen LogP contribution in [-0.2, 0) is 0 Å². The lowest BCUT2D eigenvalue weighted by molar-refractivity contribution is 0.193. The molecule has 27 heavy (non-hydrogen) atoms. The van der Waals surface area contributed by atoms with Crippen LogP contribution in [0.3, 0.4) is 0 Å². The number of aromatic nitrogens is 1. The van der Waals surface area contributed by atoms with Gasteiger partial charge in [-0.2, -0.15) is 0 Å². The first kappa shape index (κ1) is 28.4. The molecule has 1 fully saturated rings. The number of piperazine rings is 1. The number of benzene rings is 1. The van der Waals surface area contributed by atoms with Crippen LogP contribution in [0.4, 0.5) is 0 Å². The molecule has 1 aliphatic heterocycles. The second kappa shape index (κ2) is 17.3. The Kier molecular flexibility index (Phi) is 18.3. The average Bonchev–Trinajstić information content (AvgIpc) is 3.03. The Labute approximate surface area is 185 Å². The normalized spacial score (nSPS) is 13.0. The van der Waals surface area contributed by atoms with E-state index in [1.165, 1.54) is 0 Å². The average molecular weight is 459 g/mol. The molecule has 0 saturated carbocycles. The summed E-state index contributed by atoms with van der Waals surface area (Å²) in [7, 11) is 0. The highest BCUT2D eigenvalue weighted by Gasteiger charge is 2.09. The number of hydrogen-bond acceptors (Lipinski definition) is 6. The van der Waals surface area contributed by atoms with Crippen LogP contribution in [0.2, 0.25) is 0 Å². The molecule has 0 amide bonds. The summed E-state index contributed by atoms with van der Waals surface area (Å²) in [6.45, 7) is 10.9. The van der Waals surface area contributed by atoms with Gasteiger partial charge in [0.1, 0.15) is 12.4 Å². The lowest BCUT2D eigenvalue weighted by Crippen LogP contribution is -2.44. The number of para-hydroxylation sites is 1. The summed E-state index contributed by atoms with van der Waals surface area (Å²) in [5.74, 6) is 0.944. The number of aryl methyl sites for hydroxylation is 1. The van der Waals surface area contributed by atoms with Crippen LogP contribution in [0.5, 0.6) is 10.8 Å². The van der Waals surface area contributed by atoms with Crippen molar-refractivity contribution in [2.45, 2.75) is 13.8 Å². The summed E-state index contributed by atoms with van der Waals surface area (Å²) in [5, 5.41) is 4.30. The quantitative estimate of drug-likeness (QED) is 0.706. The highest BCUT2D eigenvalue weighted by molar-refractivity contribution is 7.11. The fourth-order valence-corrected chi connectivity index (χ4v) is 3.00. The van der Waals surface area contributed by atoms with Crippen LogP contribution in [-0.4, -0.2) is 55.8 Å². The number of hydrogen-bond donors (Lipinski definition) is 1. The monoisotopic (exact) mass is 457 g/mol. The fourth-order valence-electron chi connectivity index (χ4n) is 2.32. The molecule has 9 heteroatoms. The van der Waals surface area contributed by atoms with Crippen molar-refractivity contribution >= 4 is 48.6 Å². The molecule has 0 spiro atoms. The van der Waals surface area contributed by atoms with Gasteiger partial charge in [-0.3, -0.25) is 4.90 Å². The molecule has 0 atom stereocenters. The molecule has 1 N–H and O–H groups in total. The first-order chi connectivity index (χ1) is 11.8. The Balaban J connectivity index is 0. The van der Waals surface area contributed by atoms with Gasteiger partial charge in [0.25, 0.3) is 0 Å². The van der Waals surface area contributed by atoms with Gasteiger partial charge < -0.3 is 14.8 Å². The van der Waals surface area contributed by atoms with Crippen LogP contribution in [0.15, 0.2) is 35.8 Å². The molecule has 0 aliphatic carbocycles. The van der Waals surface area contributed by atoms with Crippen LogP contribution in [0, 0.1) is 6.92 Å². The van der Waals surface area contributed by atoms with E-state index in [4.69, 9.17) is 9.47 Å². The van der Waals surface area contributed by atoms with E-state index in [9.17, 15) is 0 Å². The molecule has 1 aliphatic rings. The van der Waals surface area contributed by atoms with Gasteiger partial charge in [0.05, 0.1) is 17.8 Å². The van der Waals surface area contributed by atoms with Crippen molar-refractivity contribution in [1.29, 1.82) is 0 Å². The van der Waals surface area contributed by atoms with Crippen LogP contribution < -0.4 is 14.8 Å². The Morgan fingerprint density at radius 1 is 1.07 bits per heavy atom. The third-order valence-corrected chi connectivity index (χ3v) is 4.44. The number of rotatable bonds is 6. The number of nitrogens with zero attached hydrogens (tertiary/aromatic N) is 2. The van der Waals surface area contributed by atoms with Gasteiger partial charge in [0.15, 0.2) is 5.06 Å². The topological polar surface area (TPSA) is 46.6 Å². The fraction of sp³-hybridized carbons (Fsp3) is 0.500. The Bertz CT molecular complexity index is 570. The van der Waals surface area contributed by atoms with Crippen molar-refractivity contribution < 1.29 is 9.47 Å². The molecule has 0 bridgehead atoms. The summed E-state index contributed by atoms with van der Waals surface area (Å²) in [4.78, 5) is 6.58. The Hall–Kier alpha value is -0.760. The molecule has 156 valence electrons. The molecular weight excluding hydrogens is 429 g/mol.